The van der Waals surface area contributed by atoms with Gasteiger partial charge in [-0.05, 0) is 48.1 Å². The third kappa shape index (κ3) is 3.67. The van der Waals surface area contributed by atoms with E-state index in [1.807, 2.05) is 42.5 Å². The van der Waals surface area contributed by atoms with Crippen molar-refractivity contribution in [1.29, 1.82) is 0 Å². The van der Waals surface area contributed by atoms with Crippen LogP contribution >= 0.6 is 12.2 Å². The third-order valence-electron chi connectivity index (χ3n) is 3.11. The van der Waals surface area contributed by atoms with Crippen LogP contribution in [-0.4, -0.2) is 21.1 Å². The zero-order chi connectivity index (χ0) is 16.1. The van der Waals surface area contributed by atoms with Crippen molar-refractivity contribution in [1.82, 2.24) is 14.9 Å². The summed E-state index contributed by atoms with van der Waals surface area (Å²) in [5.41, 5.74) is 1.80. The highest BCUT2D eigenvalue weighted by atomic mass is 32.1. The molecule has 0 spiro atoms. The summed E-state index contributed by atoms with van der Waals surface area (Å²) in [6.45, 7) is 0. The van der Waals surface area contributed by atoms with Gasteiger partial charge in [-0.2, -0.15) is 14.9 Å². The highest BCUT2D eigenvalue weighted by Crippen LogP contribution is 2.17. The van der Waals surface area contributed by atoms with E-state index in [9.17, 15) is 4.39 Å². The van der Waals surface area contributed by atoms with Crippen molar-refractivity contribution in [3.05, 3.63) is 76.8 Å². The van der Waals surface area contributed by atoms with Gasteiger partial charge in [-0.3, -0.25) is 0 Å². The SMILES string of the molecule is Fc1ccc(-c2n[nH]c(=S)n2/N=C/C=C/c2ccccc2)cc1. The molecule has 0 saturated heterocycles. The lowest BCUT2D eigenvalue weighted by molar-refractivity contribution is 0.628. The van der Waals surface area contributed by atoms with E-state index in [2.05, 4.69) is 15.3 Å². The Balaban J connectivity index is 1.84. The average molecular weight is 324 g/mol. The minimum absolute atomic E-state index is 0.302. The Hall–Kier alpha value is -2.86. The average Bonchev–Trinajstić information content (AvgIpc) is 2.94. The number of aromatic amines is 1. The smallest absolute Gasteiger partial charge is 0.216 e. The molecule has 0 saturated carbocycles. The molecule has 23 heavy (non-hydrogen) atoms. The molecule has 1 N–H and O–H groups in total. The number of aromatic nitrogens is 3. The van der Waals surface area contributed by atoms with Gasteiger partial charge in [-0.15, -0.1) is 0 Å². The molecule has 0 fully saturated rings. The molecule has 0 aliphatic heterocycles. The predicted octanol–water partition coefficient (Wildman–Crippen LogP) is 4.29. The van der Waals surface area contributed by atoms with Gasteiger partial charge in [-0.25, -0.2) is 9.49 Å². The summed E-state index contributed by atoms with van der Waals surface area (Å²) in [7, 11) is 0. The van der Waals surface area contributed by atoms with Crippen LogP contribution in [0.2, 0.25) is 0 Å². The number of allylic oxidation sites excluding steroid dienone is 1. The third-order valence-corrected chi connectivity index (χ3v) is 3.37. The van der Waals surface area contributed by atoms with Crippen molar-refractivity contribution in [2.24, 2.45) is 5.10 Å². The summed E-state index contributed by atoms with van der Waals surface area (Å²) in [5, 5.41) is 11.1. The standard InChI is InChI=1S/C17H13FN4S/c18-15-10-8-14(9-11-15)16-20-21-17(23)22(16)19-12-4-7-13-5-2-1-3-6-13/h1-12H,(H,21,23)/b7-4+,19-12+. The van der Waals surface area contributed by atoms with Crippen LogP contribution in [0.5, 0.6) is 0 Å². The second-order valence-corrected chi connectivity index (χ2v) is 5.09. The molecule has 0 bridgehead atoms. The molecule has 0 aliphatic carbocycles. The highest BCUT2D eigenvalue weighted by Gasteiger charge is 2.07. The topological polar surface area (TPSA) is 46.0 Å². The summed E-state index contributed by atoms with van der Waals surface area (Å²) in [6, 6.07) is 15.9. The van der Waals surface area contributed by atoms with Crippen LogP contribution in [0.25, 0.3) is 17.5 Å². The lowest BCUT2D eigenvalue weighted by Gasteiger charge is -2.00. The minimum Gasteiger partial charge on any atom is -0.250 e. The fraction of sp³-hybridized carbons (Fsp3) is 0. The molecule has 6 heteroatoms. The van der Waals surface area contributed by atoms with Gasteiger partial charge in [0, 0.05) is 11.8 Å². The number of rotatable bonds is 4. The van der Waals surface area contributed by atoms with E-state index in [4.69, 9.17) is 12.2 Å². The van der Waals surface area contributed by atoms with Crippen LogP contribution in [-0.2, 0) is 0 Å². The van der Waals surface area contributed by atoms with Gasteiger partial charge in [-0.1, -0.05) is 36.4 Å². The number of nitrogens with one attached hydrogen (secondary N) is 1. The molecule has 2 aromatic carbocycles. The zero-order valence-corrected chi connectivity index (χ0v) is 12.9. The molecule has 3 aromatic rings. The number of halogens is 1. The Bertz CT molecular complexity index is 892. The molecule has 3 rings (SSSR count). The van der Waals surface area contributed by atoms with Crippen LogP contribution in [0, 0.1) is 10.6 Å². The lowest BCUT2D eigenvalue weighted by atomic mass is 10.2. The number of nitrogens with zero attached hydrogens (tertiary/aromatic N) is 3. The first-order valence-electron chi connectivity index (χ1n) is 6.93. The molecule has 4 nitrogen and oxygen atoms in total. The Labute approximate surface area is 137 Å². The van der Waals surface area contributed by atoms with Crippen molar-refractivity contribution in [2.45, 2.75) is 0 Å². The maximum Gasteiger partial charge on any atom is 0.216 e. The van der Waals surface area contributed by atoms with E-state index in [0.717, 1.165) is 11.1 Å². The van der Waals surface area contributed by atoms with Crippen molar-refractivity contribution in [3.8, 4) is 11.4 Å². The molecular formula is C17H13FN4S. The Morgan fingerprint density at radius 3 is 2.57 bits per heavy atom. The first-order chi connectivity index (χ1) is 11.2. The van der Waals surface area contributed by atoms with Gasteiger partial charge in [0.15, 0.2) is 5.82 Å². The second kappa shape index (κ2) is 6.93. The summed E-state index contributed by atoms with van der Waals surface area (Å²) in [6.07, 6.45) is 5.38. The first kappa shape index (κ1) is 15.1. The van der Waals surface area contributed by atoms with Crippen molar-refractivity contribution in [2.75, 3.05) is 0 Å². The summed E-state index contributed by atoms with van der Waals surface area (Å²) in [4.78, 5) is 0. The Kier molecular flexibility index (Phi) is 4.54. The molecule has 1 aromatic heterocycles. The molecule has 114 valence electrons. The van der Waals surface area contributed by atoms with Gasteiger partial charge in [0.25, 0.3) is 0 Å². The molecular weight excluding hydrogens is 311 g/mol. The number of benzene rings is 2. The van der Waals surface area contributed by atoms with E-state index in [-0.39, 0.29) is 5.82 Å². The maximum absolute atomic E-state index is 13.0. The second-order valence-electron chi connectivity index (χ2n) is 4.71. The normalized spacial score (nSPS) is 11.5. The first-order valence-corrected chi connectivity index (χ1v) is 7.34. The van der Waals surface area contributed by atoms with Gasteiger partial charge in [0.2, 0.25) is 4.77 Å². The zero-order valence-electron chi connectivity index (χ0n) is 12.1. The van der Waals surface area contributed by atoms with Crippen LogP contribution in [0.4, 0.5) is 4.39 Å². The monoisotopic (exact) mass is 324 g/mol. The largest absolute Gasteiger partial charge is 0.250 e. The molecule has 1 heterocycles. The number of hydrogen-bond donors (Lipinski definition) is 1. The minimum atomic E-state index is -0.302. The molecule has 0 atom stereocenters. The quantitative estimate of drug-likeness (QED) is 0.575. The lowest BCUT2D eigenvalue weighted by Crippen LogP contribution is -1.93. The Morgan fingerprint density at radius 1 is 1.09 bits per heavy atom. The van der Waals surface area contributed by atoms with Crippen molar-refractivity contribution in [3.63, 3.8) is 0 Å². The predicted molar refractivity (Wildman–Crippen MR) is 92.2 cm³/mol. The number of hydrogen-bond acceptors (Lipinski definition) is 3. The molecule has 0 aliphatic rings. The van der Waals surface area contributed by atoms with Crippen molar-refractivity contribution >= 4 is 24.5 Å². The summed E-state index contributed by atoms with van der Waals surface area (Å²) < 4.78 is 14.9. The van der Waals surface area contributed by atoms with Crippen molar-refractivity contribution < 1.29 is 4.39 Å². The fourth-order valence-electron chi connectivity index (χ4n) is 2.01. The van der Waals surface area contributed by atoms with Crippen LogP contribution < -0.4 is 0 Å². The molecule has 0 radical (unpaired) electrons. The van der Waals surface area contributed by atoms with Crippen LogP contribution in [0.1, 0.15) is 5.56 Å². The molecule has 0 amide bonds. The van der Waals surface area contributed by atoms with Crippen LogP contribution in [0.3, 0.4) is 0 Å². The molecule has 0 unspecified atom stereocenters. The summed E-state index contributed by atoms with van der Waals surface area (Å²) in [5.74, 6) is 0.225. The van der Waals surface area contributed by atoms with E-state index in [1.165, 1.54) is 16.8 Å². The summed E-state index contributed by atoms with van der Waals surface area (Å²) >= 11 is 5.17. The van der Waals surface area contributed by atoms with Gasteiger partial charge in [0.1, 0.15) is 5.82 Å². The Morgan fingerprint density at radius 2 is 1.83 bits per heavy atom. The van der Waals surface area contributed by atoms with Gasteiger partial charge >= 0.3 is 0 Å². The fourth-order valence-corrected chi connectivity index (χ4v) is 2.19. The van der Waals surface area contributed by atoms with E-state index in [1.54, 1.807) is 18.3 Å². The van der Waals surface area contributed by atoms with E-state index < -0.39 is 0 Å². The van der Waals surface area contributed by atoms with E-state index in [0.29, 0.717) is 10.6 Å². The van der Waals surface area contributed by atoms with Gasteiger partial charge in [0.05, 0.1) is 0 Å². The number of H-pyrrole nitrogens is 1. The maximum atomic E-state index is 13.0. The van der Waals surface area contributed by atoms with E-state index >= 15 is 0 Å². The highest BCUT2D eigenvalue weighted by molar-refractivity contribution is 7.71. The van der Waals surface area contributed by atoms with Gasteiger partial charge < -0.3 is 0 Å². The van der Waals surface area contributed by atoms with Crippen LogP contribution in [0.15, 0.2) is 65.8 Å².